The number of carbonyl (C=O) groups is 2. The highest BCUT2D eigenvalue weighted by molar-refractivity contribution is 6.34. The molecule has 18 heteroatoms. The van der Waals surface area contributed by atoms with Gasteiger partial charge in [0.15, 0.2) is 0 Å². The normalized spacial score (nSPS) is 23.5. The zero-order valence-electron chi connectivity index (χ0n) is 38.7. The van der Waals surface area contributed by atoms with Crippen LogP contribution in [0.2, 0.25) is 10.0 Å². The molecule has 6 fully saturated rings. The van der Waals surface area contributed by atoms with E-state index in [2.05, 4.69) is 89.1 Å². The van der Waals surface area contributed by atoms with E-state index in [9.17, 15) is 19.8 Å². The maximum Gasteiger partial charge on any atom is 0.407 e. The molecule has 364 valence electrons. The van der Waals surface area contributed by atoms with Crippen molar-refractivity contribution in [2.24, 2.45) is 0 Å². The highest BCUT2D eigenvalue weighted by Gasteiger charge is 2.45. The van der Waals surface area contributed by atoms with Crippen molar-refractivity contribution in [3.8, 4) is 44.5 Å². The first kappa shape index (κ1) is 46.2. The molecule has 0 radical (unpaired) electrons. The molecule has 4 atom stereocenters. The molecule has 8 heterocycles. The van der Waals surface area contributed by atoms with Gasteiger partial charge < -0.3 is 40.1 Å². The maximum atomic E-state index is 11.6. The third-order valence-corrected chi connectivity index (χ3v) is 15.8. The topological polar surface area (TPSA) is 185 Å². The minimum absolute atomic E-state index is 0.0651. The van der Waals surface area contributed by atoms with E-state index in [1.807, 2.05) is 46.5 Å². The number of rotatable bonds is 8. The average molecular weight is 988 g/mol. The van der Waals surface area contributed by atoms with E-state index in [0.717, 1.165) is 146 Å². The Morgan fingerprint density at radius 3 is 1.26 bits per heavy atom. The number of amides is 2. The number of piperidine rings is 2. The zero-order valence-corrected chi connectivity index (χ0v) is 40.2. The van der Waals surface area contributed by atoms with E-state index in [1.165, 1.54) is 0 Å². The monoisotopic (exact) mass is 986 g/mol. The van der Waals surface area contributed by atoms with Crippen molar-refractivity contribution < 1.29 is 29.3 Å². The number of halogens is 2. The van der Waals surface area contributed by atoms with Crippen LogP contribution in [0.5, 0.6) is 0 Å². The molecule has 16 nitrogen and oxygen atoms in total. The lowest BCUT2D eigenvalue weighted by Gasteiger charge is -2.39. The summed E-state index contributed by atoms with van der Waals surface area (Å²) in [5.41, 5.74) is 9.33. The van der Waals surface area contributed by atoms with Gasteiger partial charge in [0.1, 0.15) is 11.2 Å². The third-order valence-electron chi connectivity index (χ3n) is 15.3. The fourth-order valence-corrected chi connectivity index (χ4v) is 11.8. The van der Waals surface area contributed by atoms with Crippen LogP contribution in [-0.2, 0) is 9.47 Å². The molecule has 0 bridgehead atoms. The second-order valence-electron chi connectivity index (χ2n) is 19.6. The number of aliphatic hydroxyl groups is 2. The number of benzene rings is 2. The van der Waals surface area contributed by atoms with Gasteiger partial charge in [0, 0.05) is 111 Å². The number of aliphatic hydroxyl groups excluding tert-OH is 2. The lowest BCUT2D eigenvalue weighted by atomic mass is 9.91. The van der Waals surface area contributed by atoms with Gasteiger partial charge in [0.05, 0.1) is 71.2 Å². The Hall–Kier alpha value is -6.20. The molecule has 4 saturated heterocycles. The predicted molar refractivity (Wildman–Crippen MR) is 267 cm³/mol. The Kier molecular flexibility index (Phi) is 12.7. The summed E-state index contributed by atoms with van der Waals surface area (Å²) < 4.78 is 14.9. The van der Waals surface area contributed by atoms with Crippen molar-refractivity contribution in [2.75, 3.05) is 49.1 Å². The van der Waals surface area contributed by atoms with Crippen molar-refractivity contribution in [3.63, 3.8) is 0 Å². The smallest absolute Gasteiger partial charge is 0.407 e. The van der Waals surface area contributed by atoms with Crippen LogP contribution in [0.4, 0.5) is 21.0 Å². The summed E-state index contributed by atoms with van der Waals surface area (Å²) >= 11 is 13.3. The van der Waals surface area contributed by atoms with Crippen LogP contribution in [-0.4, -0.2) is 115 Å². The Balaban J connectivity index is 0.000000152. The molecule has 0 unspecified atom stereocenters. The number of alkyl carbamates (subject to hydrolysis) is 2. The van der Waals surface area contributed by atoms with Crippen molar-refractivity contribution in [1.82, 2.24) is 40.2 Å². The van der Waals surface area contributed by atoms with Crippen molar-refractivity contribution >= 4 is 46.8 Å². The minimum atomic E-state index is -0.409. The fraction of sp³-hybridized carbons (Fsp3) is 0.423. The third kappa shape index (κ3) is 9.17. The van der Waals surface area contributed by atoms with Gasteiger partial charge >= 0.3 is 12.2 Å². The number of aromatic nitrogens is 6. The van der Waals surface area contributed by atoms with Crippen LogP contribution >= 0.6 is 23.2 Å². The maximum absolute atomic E-state index is 11.6. The van der Waals surface area contributed by atoms with Gasteiger partial charge in [-0.15, -0.1) is 0 Å². The number of nitrogens with zero attached hydrogens (tertiary/aromatic N) is 8. The molecule has 4 N–H and O–H groups in total. The van der Waals surface area contributed by atoms with E-state index in [-0.39, 0.29) is 36.5 Å². The fourth-order valence-electron chi connectivity index (χ4n) is 11.2. The Labute approximate surface area is 415 Å². The van der Waals surface area contributed by atoms with E-state index >= 15 is 0 Å². The number of ether oxygens (including phenoxy) is 2. The first-order valence-corrected chi connectivity index (χ1v) is 25.1. The molecule has 6 aromatic rings. The number of carbonyl (C=O) groups excluding carboxylic acids is 2. The van der Waals surface area contributed by atoms with Crippen LogP contribution in [0.25, 0.3) is 44.5 Å². The highest BCUT2D eigenvalue weighted by Crippen LogP contribution is 2.43. The van der Waals surface area contributed by atoms with Crippen LogP contribution < -0.4 is 20.4 Å². The summed E-state index contributed by atoms with van der Waals surface area (Å²) in [6.45, 7) is 4.11. The van der Waals surface area contributed by atoms with Gasteiger partial charge in [0.2, 0.25) is 0 Å². The van der Waals surface area contributed by atoms with Gasteiger partial charge in [0.25, 0.3) is 0 Å². The SMILES string of the molecule is O=C1NCC2(CCN(c3c(Cl)cncc3-c3ccc(-c4cnn([C@@H]5CCC[C@H]5O)c4)cc3)CC2)O1.O=C1NCC2(CCN(c3c(Cl)cncc3-c3ccc(-c4cnn([C@H]5CCC[C@@H]5O)c4)cc3)CC2)O1. The quantitative estimate of drug-likeness (QED) is 0.114. The van der Waals surface area contributed by atoms with Crippen molar-refractivity contribution in [2.45, 2.75) is 99.7 Å². The molecule has 2 saturated carbocycles. The summed E-state index contributed by atoms with van der Waals surface area (Å²) in [7, 11) is 0. The molecular formula is C52H56Cl2N10O6. The minimum Gasteiger partial charge on any atom is -0.441 e. The molecule has 70 heavy (non-hydrogen) atoms. The van der Waals surface area contributed by atoms with Crippen LogP contribution in [0, 0.1) is 0 Å². The molecule has 2 amide bonds. The van der Waals surface area contributed by atoms with Crippen LogP contribution in [0.15, 0.2) is 98.1 Å². The molecule has 2 aromatic carbocycles. The summed E-state index contributed by atoms with van der Waals surface area (Å²) in [6.07, 6.45) is 22.2. The Morgan fingerprint density at radius 1 is 0.529 bits per heavy atom. The lowest BCUT2D eigenvalue weighted by Crippen LogP contribution is -2.46. The van der Waals surface area contributed by atoms with Crippen LogP contribution in [0.3, 0.4) is 0 Å². The van der Waals surface area contributed by atoms with Crippen LogP contribution in [0.1, 0.15) is 76.3 Å². The number of hydrogen-bond donors (Lipinski definition) is 4. The first-order valence-electron chi connectivity index (χ1n) is 24.4. The largest absolute Gasteiger partial charge is 0.441 e. The average Bonchev–Trinajstić information content (AvgIpc) is 4.26. The second kappa shape index (κ2) is 19.2. The van der Waals surface area contributed by atoms with Gasteiger partial charge in [-0.1, -0.05) is 71.7 Å². The van der Waals surface area contributed by atoms with E-state index < -0.39 is 11.2 Å². The molecule has 2 aliphatic carbocycles. The highest BCUT2D eigenvalue weighted by atomic mass is 35.5. The summed E-state index contributed by atoms with van der Waals surface area (Å²) in [6, 6.07) is 16.8. The molecule has 2 spiro atoms. The summed E-state index contributed by atoms with van der Waals surface area (Å²) in [5.74, 6) is 0. The van der Waals surface area contributed by atoms with Crippen molar-refractivity contribution in [3.05, 3.63) is 108 Å². The number of hydrogen-bond acceptors (Lipinski definition) is 12. The molecular weight excluding hydrogens is 932 g/mol. The molecule has 12 rings (SSSR count). The standard InChI is InChI=1S/2C26H28ClN5O3/c2*27-21-14-28-13-20(24(21)31-10-8-26(9-11-31)16-29-25(34)35-26)18-6-4-17(5-7-18)19-12-30-32(15-19)22-2-1-3-23(22)33/h2*4-7,12-15,22-23,33H,1-3,8-11,16H2,(H,29,34)/t2*22-,23-/m10/s1. The molecule has 4 aromatic heterocycles. The van der Waals surface area contributed by atoms with E-state index in [4.69, 9.17) is 32.7 Å². The van der Waals surface area contributed by atoms with E-state index in [1.54, 1.807) is 12.4 Å². The Morgan fingerprint density at radius 2 is 0.914 bits per heavy atom. The number of nitrogens with one attached hydrogen (secondary N) is 2. The summed E-state index contributed by atoms with van der Waals surface area (Å²) in [5, 5.41) is 36.2. The second-order valence-corrected chi connectivity index (χ2v) is 20.4. The number of anilines is 2. The Bertz CT molecular complexity index is 2670. The predicted octanol–water partition coefficient (Wildman–Crippen LogP) is 8.86. The van der Waals surface area contributed by atoms with Gasteiger partial charge in [-0.05, 0) is 60.8 Å². The molecule has 6 aliphatic rings. The van der Waals surface area contributed by atoms with Gasteiger partial charge in [-0.25, -0.2) is 9.59 Å². The van der Waals surface area contributed by atoms with E-state index in [0.29, 0.717) is 23.1 Å². The van der Waals surface area contributed by atoms with Gasteiger partial charge in [-0.2, -0.15) is 10.2 Å². The first-order chi connectivity index (χ1) is 34.0. The van der Waals surface area contributed by atoms with Crippen molar-refractivity contribution in [1.29, 1.82) is 0 Å². The molecule has 4 aliphatic heterocycles. The van der Waals surface area contributed by atoms with Gasteiger partial charge in [-0.3, -0.25) is 19.3 Å². The lowest BCUT2D eigenvalue weighted by molar-refractivity contribution is 0.0360. The number of pyridine rings is 2. The summed E-state index contributed by atoms with van der Waals surface area (Å²) in [4.78, 5) is 36.4. The zero-order chi connectivity index (χ0) is 48.0.